The van der Waals surface area contributed by atoms with E-state index in [1.54, 1.807) is 38.1 Å². The molecule has 208 valence electrons. The second kappa shape index (κ2) is 13.3. The van der Waals surface area contributed by atoms with E-state index >= 15 is 0 Å². The zero-order valence-corrected chi connectivity index (χ0v) is 24.8. The van der Waals surface area contributed by atoms with Crippen LogP contribution in [0.25, 0.3) is 0 Å². The third kappa shape index (κ3) is 7.97. The fraction of sp³-hybridized carbons (Fsp3) is 0.310. The first-order valence-corrected chi connectivity index (χ1v) is 15.1. The Morgan fingerprint density at radius 1 is 0.949 bits per heavy atom. The van der Waals surface area contributed by atoms with E-state index in [1.165, 1.54) is 4.90 Å². The molecule has 0 aromatic heterocycles. The molecule has 10 heteroatoms. The van der Waals surface area contributed by atoms with E-state index in [0.29, 0.717) is 33.4 Å². The van der Waals surface area contributed by atoms with Gasteiger partial charge in [0.05, 0.1) is 11.9 Å². The first-order chi connectivity index (χ1) is 18.4. The molecule has 0 saturated carbocycles. The number of anilines is 1. The van der Waals surface area contributed by atoms with E-state index in [-0.39, 0.29) is 18.9 Å². The number of aryl methyl sites for hydroxylation is 2. The molecule has 3 aromatic carbocycles. The Morgan fingerprint density at radius 3 is 2.18 bits per heavy atom. The lowest BCUT2D eigenvalue weighted by Gasteiger charge is -2.34. The van der Waals surface area contributed by atoms with Crippen LogP contribution in [0.15, 0.2) is 66.7 Å². The van der Waals surface area contributed by atoms with E-state index in [4.69, 9.17) is 23.2 Å². The number of benzene rings is 3. The van der Waals surface area contributed by atoms with Gasteiger partial charge in [-0.05, 0) is 55.7 Å². The molecule has 0 heterocycles. The summed E-state index contributed by atoms with van der Waals surface area (Å²) < 4.78 is 27.0. The third-order valence-electron chi connectivity index (χ3n) is 6.32. The normalized spacial score (nSPS) is 12.1. The van der Waals surface area contributed by atoms with Crippen LogP contribution in [0.2, 0.25) is 10.0 Å². The SMILES string of the molecule is CCNC(=O)[C@@H](Cc1ccccc1)N(Cc1c(Cl)cccc1Cl)C(=O)CN(c1cc(C)ccc1C)S(C)(=O)=O. The molecule has 0 radical (unpaired) electrons. The second-order valence-electron chi connectivity index (χ2n) is 9.38. The van der Waals surface area contributed by atoms with Gasteiger partial charge in [-0.2, -0.15) is 0 Å². The Labute approximate surface area is 240 Å². The number of hydrogen-bond donors (Lipinski definition) is 1. The van der Waals surface area contributed by atoms with Gasteiger partial charge in [0.25, 0.3) is 0 Å². The number of hydrogen-bond acceptors (Lipinski definition) is 4. The summed E-state index contributed by atoms with van der Waals surface area (Å²) in [4.78, 5) is 28.9. The van der Waals surface area contributed by atoms with Crippen LogP contribution in [0.5, 0.6) is 0 Å². The number of likely N-dealkylation sites (N-methyl/N-ethyl adjacent to an activating group) is 1. The summed E-state index contributed by atoms with van der Waals surface area (Å²) in [5, 5.41) is 3.49. The minimum absolute atomic E-state index is 0.0869. The van der Waals surface area contributed by atoms with Gasteiger partial charge in [-0.25, -0.2) is 8.42 Å². The maximum atomic E-state index is 14.1. The van der Waals surface area contributed by atoms with Gasteiger partial charge in [0.15, 0.2) is 0 Å². The average molecular weight is 591 g/mol. The molecule has 3 rings (SSSR count). The predicted octanol–water partition coefficient (Wildman–Crippen LogP) is 5.15. The van der Waals surface area contributed by atoms with Crippen molar-refractivity contribution in [2.45, 2.75) is 39.8 Å². The topological polar surface area (TPSA) is 86.8 Å². The van der Waals surface area contributed by atoms with Crippen molar-refractivity contribution in [3.63, 3.8) is 0 Å². The summed E-state index contributed by atoms with van der Waals surface area (Å²) in [5.74, 6) is -0.931. The number of amides is 2. The van der Waals surface area contributed by atoms with Crippen molar-refractivity contribution in [1.29, 1.82) is 0 Å². The molecular formula is C29H33Cl2N3O4S. The van der Waals surface area contributed by atoms with Crippen LogP contribution in [0.4, 0.5) is 5.69 Å². The van der Waals surface area contributed by atoms with Crippen molar-refractivity contribution >= 4 is 50.7 Å². The van der Waals surface area contributed by atoms with Crippen molar-refractivity contribution in [3.05, 3.63) is 99.0 Å². The van der Waals surface area contributed by atoms with Gasteiger partial charge in [-0.15, -0.1) is 0 Å². The van der Waals surface area contributed by atoms with Crippen molar-refractivity contribution in [2.24, 2.45) is 0 Å². The minimum Gasteiger partial charge on any atom is -0.355 e. The molecule has 0 aliphatic rings. The lowest BCUT2D eigenvalue weighted by Crippen LogP contribution is -2.53. The van der Waals surface area contributed by atoms with Gasteiger partial charge < -0.3 is 10.2 Å². The zero-order chi connectivity index (χ0) is 28.7. The van der Waals surface area contributed by atoms with Gasteiger partial charge in [0, 0.05) is 35.1 Å². The Kier molecular flexibility index (Phi) is 10.4. The number of nitrogens with one attached hydrogen (secondary N) is 1. The van der Waals surface area contributed by atoms with Crippen LogP contribution >= 0.6 is 23.2 Å². The molecule has 39 heavy (non-hydrogen) atoms. The largest absolute Gasteiger partial charge is 0.355 e. The highest BCUT2D eigenvalue weighted by Crippen LogP contribution is 2.29. The van der Waals surface area contributed by atoms with Crippen LogP contribution in [0.3, 0.4) is 0 Å². The highest BCUT2D eigenvalue weighted by atomic mass is 35.5. The van der Waals surface area contributed by atoms with Crippen LogP contribution in [0.1, 0.15) is 29.2 Å². The first kappa shape index (κ1) is 30.5. The van der Waals surface area contributed by atoms with Crippen molar-refractivity contribution in [1.82, 2.24) is 10.2 Å². The number of carbonyl (C=O) groups is 2. The Morgan fingerprint density at radius 2 is 1.59 bits per heavy atom. The molecule has 1 N–H and O–H groups in total. The number of carbonyl (C=O) groups excluding carboxylic acids is 2. The zero-order valence-electron chi connectivity index (χ0n) is 22.4. The van der Waals surface area contributed by atoms with Crippen molar-refractivity contribution in [3.8, 4) is 0 Å². The quantitative estimate of drug-likeness (QED) is 0.335. The third-order valence-corrected chi connectivity index (χ3v) is 8.16. The van der Waals surface area contributed by atoms with Gasteiger partial charge in [0.2, 0.25) is 21.8 Å². The van der Waals surface area contributed by atoms with Gasteiger partial charge >= 0.3 is 0 Å². The molecule has 0 saturated heterocycles. The fourth-order valence-corrected chi connectivity index (χ4v) is 5.70. The molecule has 0 bridgehead atoms. The van der Waals surface area contributed by atoms with E-state index in [1.807, 2.05) is 49.4 Å². The second-order valence-corrected chi connectivity index (χ2v) is 12.1. The van der Waals surface area contributed by atoms with E-state index in [9.17, 15) is 18.0 Å². The van der Waals surface area contributed by atoms with E-state index in [0.717, 1.165) is 21.7 Å². The Hall–Kier alpha value is -3.07. The minimum atomic E-state index is -3.86. The standard InChI is InChI=1S/C29H33Cl2N3O4S/c1-5-32-29(36)27(17-22-10-7-6-8-11-22)33(18-23-24(30)12-9-13-25(23)31)28(35)19-34(39(4,37)38)26-16-20(2)14-15-21(26)3/h6-16,27H,5,17-19H2,1-4H3,(H,32,36)/t27-/m1/s1. The van der Waals surface area contributed by atoms with Crippen LogP contribution in [-0.4, -0.2) is 50.5 Å². The van der Waals surface area contributed by atoms with E-state index in [2.05, 4.69) is 5.32 Å². The monoisotopic (exact) mass is 589 g/mol. The highest BCUT2D eigenvalue weighted by molar-refractivity contribution is 7.92. The van der Waals surface area contributed by atoms with Gasteiger partial charge in [0.1, 0.15) is 12.6 Å². The lowest BCUT2D eigenvalue weighted by molar-refractivity contribution is -0.140. The lowest BCUT2D eigenvalue weighted by atomic mass is 10.0. The maximum Gasteiger partial charge on any atom is 0.244 e. The molecule has 1 atom stereocenters. The van der Waals surface area contributed by atoms with Crippen LogP contribution in [0, 0.1) is 13.8 Å². The number of nitrogens with zero attached hydrogens (tertiary/aromatic N) is 2. The first-order valence-electron chi connectivity index (χ1n) is 12.5. The van der Waals surface area contributed by atoms with Crippen LogP contribution < -0.4 is 9.62 Å². The van der Waals surface area contributed by atoms with Crippen molar-refractivity contribution in [2.75, 3.05) is 23.7 Å². The fourth-order valence-electron chi connectivity index (χ4n) is 4.28. The number of rotatable bonds is 11. The molecule has 2 amide bonds. The van der Waals surface area contributed by atoms with E-state index < -0.39 is 28.5 Å². The van der Waals surface area contributed by atoms with Gasteiger partial charge in [-0.1, -0.05) is 71.7 Å². The summed E-state index contributed by atoms with van der Waals surface area (Å²) in [5.41, 5.74) is 3.25. The molecule has 0 unspecified atom stereocenters. The van der Waals surface area contributed by atoms with Crippen molar-refractivity contribution < 1.29 is 18.0 Å². The molecule has 3 aromatic rings. The summed E-state index contributed by atoms with van der Waals surface area (Å²) in [7, 11) is -3.86. The molecule has 0 spiro atoms. The summed E-state index contributed by atoms with van der Waals surface area (Å²) in [6.07, 6.45) is 1.27. The Bertz CT molecular complexity index is 1410. The summed E-state index contributed by atoms with van der Waals surface area (Å²) in [6, 6.07) is 18.8. The number of sulfonamides is 1. The van der Waals surface area contributed by atoms with Gasteiger partial charge in [-0.3, -0.25) is 13.9 Å². The highest BCUT2D eigenvalue weighted by Gasteiger charge is 2.34. The molecule has 0 fully saturated rings. The average Bonchev–Trinajstić information content (AvgIpc) is 2.87. The summed E-state index contributed by atoms with van der Waals surface area (Å²) in [6.45, 7) is 5.19. The smallest absolute Gasteiger partial charge is 0.244 e. The maximum absolute atomic E-state index is 14.1. The number of halogens is 2. The Balaban J connectivity index is 2.11. The van der Waals surface area contributed by atoms with Crippen LogP contribution in [-0.2, 0) is 32.6 Å². The molecule has 7 nitrogen and oxygen atoms in total. The molecule has 0 aliphatic heterocycles. The molecular weight excluding hydrogens is 557 g/mol. The molecule has 0 aliphatic carbocycles. The predicted molar refractivity (Wildman–Crippen MR) is 158 cm³/mol. The summed E-state index contributed by atoms with van der Waals surface area (Å²) >= 11 is 12.9.